The molecule has 1 aliphatic rings. The number of aliphatic carboxylic acids is 1. The van der Waals surface area contributed by atoms with Crippen molar-refractivity contribution >= 4 is 28.3 Å². The van der Waals surface area contributed by atoms with Crippen molar-refractivity contribution in [2.75, 3.05) is 32.1 Å². The predicted octanol–water partition coefficient (Wildman–Crippen LogP) is 3.13. The molecule has 0 saturated carbocycles. The molecule has 7 nitrogen and oxygen atoms in total. The van der Waals surface area contributed by atoms with Crippen LogP contribution in [0.4, 0.5) is 5.69 Å². The van der Waals surface area contributed by atoms with E-state index < -0.39 is 5.97 Å². The molecule has 0 aliphatic carbocycles. The summed E-state index contributed by atoms with van der Waals surface area (Å²) in [4.78, 5) is 26.3. The molecule has 1 amide bonds. The highest BCUT2D eigenvalue weighted by Crippen LogP contribution is 2.33. The van der Waals surface area contributed by atoms with Gasteiger partial charge in [0.1, 0.15) is 12.3 Å². The quantitative estimate of drug-likeness (QED) is 0.634. The van der Waals surface area contributed by atoms with Gasteiger partial charge < -0.3 is 14.7 Å². The number of carboxylic acid groups (broad SMARTS) is 1. The van der Waals surface area contributed by atoms with E-state index in [4.69, 9.17) is 4.74 Å². The van der Waals surface area contributed by atoms with Gasteiger partial charge in [0.15, 0.2) is 0 Å². The number of amides is 1. The molecular weight excluding hydrogens is 394 g/mol. The fourth-order valence-electron chi connectivity index (χ4n) is 3.96. The molecule has 0 fully saturated rings. The monoisotopic (exact) mass is 419 g/mol. The number of carboxylic acids is 1. The summed E-state index contributed by atoms with van der Waals surface area (Å²) in [6.07, 6.45) is 0. The minimum Gasteiger partial charge on any atom is -0.495 e. The zero-order valence-electron chi connectivity index (χ0n) is 17.6. The molecule has 3 aromatic carbocycles. The number of rotatable bonds is 7. The summed E-state index contributed by atoms with van der Waals surface area (Å²) in [7, 11) is 3.27. The van der Waals surface area contributed by atoms with Crippen LogP contribution in [-0.4, -0.2) is 54.2 Å². The van der Waals surface area contributed by atoms with Gasteiger partial charge in [-0.2, -0.15) is 0 Å². The van der Waals surface area contributed by atoms with Crippen LogP contribution in [-0.2, 0) is 22.7 Å². The molecule has 0 atom stereocenters. The average molecular weight is 419 g/mol. The van der Waals surface area contributed by atoms with Crippen LogP contribution < -0.4 is 9.64 Å². The number of likely N-dealkylation sites (N-methyl/N-ethyl adjacent to an activating group) is 1. The lowest BCUT2D eigenvalue weighted by molar-refractivity contribution is -0.145. The second-order valence-corrected chi connectivity index (χ2v) is 7.63. The third-order valence-electron chi connectivity index (χ3n) is 5.65. The van der Waals surface area contributed by atoms with Crippen molar-refractivity contribution in [3.05, 3.63) is 71.8 Å². The van der Waals surface area contributed by atoms with Crippen LogP contribution in [0, 0.1) is 0 Å². The van der Waals surface area contributed by atoms with E-state index in [1.165, 1.54) is 11.1 Å². The lowest BCUT2D eigenvalue weighted by Crippen LogP contribution is -2.46. The molecule has 7 heteroatoms. The topological polar surface area (TPSA) is 73.3 Å². The van der Waals surface area contributed by atoms with E-state index in [1.54, 1.807) is 24.1 Å². The fraction of sp³-hybridized carbons (Fsp3) is 0.250. The Morgan fingerprint density at radius 2 is 1.55 bits per heavy atom. The van der Waals surface area contributed by atoms with Gasteiger partial charge in [0, 0.05) is 20.1 Å². The number of carbonyl (C=O) groups is 2. The highest BCUT2D eigenvalue weighted by Gasteiger charge is 2.27. The Morgan fingerprint density at radius 3 is 2.13 bits per heavy atom. The van der Waals surface area contributed by atoms with E-state index in [1.807, 2.05) is 53.5 Å². The summed E-state index contributed by atoms with van der Waals surface area (Å²) >= 11 is 0. The van der Waals surface area contributed by atoms with Crippen LogP contribution in [0.1, 0.15) is 11.1 Å². The highest BCUT2D eigenvalue weighted by molar-refractivity contribution is 5.91. The Balaban J connectivity index is 1.58. The number of hydrogen-bond acceptors (Lipinski definition) is 5. The first-order valence-electron chi connectivity index (χ1n) is 10.1. The fourth-order valence-corrected chi connectivity index (χ4v) is 3.96. The van der Waals surface area contributed by atoms with Crippen LogP contribution in [0.3, 0.4) is 0 Å². The van der Waals surface area contributed by atoms with Crippen molar-refractivity contribution in [1.29, 1.82) is 0 Å². The predicted molar refractivity (Wildman–Crippen MR) is 119 cm³/mol. The van der Waals surface area contributed by atoms with Crippen LogP contribution in [0.2, 0.25) is 0 Å². The number of hydrazine groups is 1. The Labute approximate surface area is 181 Å². The number of hydrogen-bond donors (Lipinski definition) is 1. The number of benzene rings is 3. The van der Waals surface area contributed by atoms with Gasteiger partial charge >= 0.3 is 5.97 Å². The van der Waals surface area contributed by atoms with Crippen molar-refractivity contribution < 1.29 is 19.4 Å². The summed E-state index contributed by atoms with van der Waals surface area (Å²) in [5, 5.41) is 15.0. The number of anilines is 1. The van der Waals surface area contributed by atoms with Gasteiger partial charge in [0.2, 0.25) is 0 Å². The average Bonchev–Trinajstić information content (AvgIpc) is 3.21. The van der Waals surface area contributed by atoms with E-state index >= 15 is 0 Å². The molecule has 1 heterocycles. The maximum atomic E-state index is 13.1. The largest absolute Gasteiger partial charge is 0.495 e. The van der Waals surface area contributed by atoms with Gasteiger partial charge in [0.25, 0.3) is 5.91 Å². The SMILES string of the molecule is COc1cc2ccccc2cc1N(CC(=O)O)CC(=O)N(C)N1Cc2ccccc2C1. The maximum absolute atomic E-state index is 13.1. The second kappa shape index (κ2) is 8.65. The molecule has 0 aromatic heterocycles. The van der Waals surface area contributed by atoms with Gasteiger partial charge in [-0.25, -0.2) is 5.01 Å². The van der Waals surface area contributed by atoms with Crippen LogP contribution >= 0.6 is 0 Å². The smallest absolute Gasteiger partial charge is 0.323 e. The molecule has 4 rings (SSSR count). The highest BCUT2D eigenvalue weighted by atomic mass is 16.5. The summed E-state index contributed by atoms with van der Waals surface area (Å²) < 4.78 is 5.53. The number of methoxy groups -OCH3 is 1. The number of fused-ring (bicyclic) bond motifs is 2. The molecule has 0 bridgehead atoms. The molecule has 1 N–H and O–H groups in total. The zero-order chi connectivity index (χ0) is 22.0. The molecule has 3 aromatic rings. The number of ether oxygens (including phenoxy) is 1. The van der Waals surface area contributed by atoms with E-state index in [0.29, 0.717) is 24.5 Å². The lowest BCUT2D eigenvalue weighted by Gasteiger charge is -2.31. The first-order valence-corrected chi connectivity index (χ1v) is 10.1. The van der Waals surface area contributed by atoms with E-state index in [-0.39, 0.29) is 19.0 Å². The van der Waals surface area contributed by atoms with Crippen molar-refractivity contribution in [2.24, 2.45) is 0 Å². The number of carbonyl (C=O) groups excluding carboxylic acids is 1. The van der Waals surface area contributed by atoms with Crippen molar-refractivity contribution in [3.63, 3.8) is 0 Å². The summed E-state index contributed by atoms with van der Waals surface area (Å²) in [6, 6.07) is 19.6. The molecule has 0 saturated heterocycles. The third kappa shape index (κ3) is 4.32. The molecule has 1 aliphatic heterocycles. The van der Waals surface area contributed by atoms with E-state index in [2.05, 4.69) is 12.1 Å². The van der Waals surface area contributed by atoms with E-state index in [0.717, 1.165) is 10.8 Å². The standard InChI is InChI=1S/C24H25N3O4/c1-25(27-13-19-9-5-6-10-20(19)14-27)23(28)15-26(16-24(29)30)21-11-17-7-3-4-8-18(17)12-22(21)31-2/h3-12H,13-16H2,1-2H3,(H,29,30). The minimum absolute atomic E-state index is 0.0790. The van der Waals surface area contributed by atoms with Crippen molar-refractivity contribution in [3.8, 4) is 5.75 Å². The van der Waals surface area contributed by atoms with Crippen molar-refractivity contribution in [2.45, 2.75) is 13.1 Å². The number of nitrogens with zero attached hydrogens (tertiary/aromatic N) is 3. The molecule has 0 spiro atoms. The maximum Gasteiger partial charge on any atom is 0.323 e. The van der Waals surface area contributed by atoms with Crippen molar-refractivity contribution in [1.82, 2.24) is 10.0 Å². The molecule has 31 heavy (non-hydrogen) atoms. The third-order valence-corrected chi connectivity index (χ3v) is 5.65. The Morgan fingerprint density at radius 1 is 0.968 bits per heavy atom. The van der Waals surface area contributed by atoms with Crippen LogP contribution in [0.25, 0.3) is 10.8 Å². The Hall–Kier alpha value is -3.58. The lowest BCUT2D eigenvalue weighted by atomic mass is 10.1. The first kappa shape index (κ1) is 20.7. The van der Waals surface area contributed by atoms with E-state index in [9.17, 15) is 14.7 Å². The van der Waals surface area contributed by atoms with Gasteiger partial charge in [-0.3, -0.25) is 14.6 Å². The minimum atomic E-state index is -1.01. The van der Waals surface area contributed by atoms with Gasteiger partial charge in [-0.05, 0) is 34.0 Å². The summed E-state index contributed by atoms with van der Waals surface area (Å²) in [5.41, 5.74) is 2.97. The molecule has 0 unspecified atom stereocenters. The molecular formula is C24H25N3O4. The zero-order valence-corrected chi connectivity index (χ0v) is 17.6. The normalized spacial score (nSPS) is 13.1. The Bertz CT molecular complexity index is 1110. The molecule has 0 radical (unpaired) electrons. The Kier molecular flexibility index (Phi) is 5.77. The summed E-state index contributed by atoms with van der Waals surface area (Å²) in [5.74, 6) is -0.674. The van der Waals surface area contributed by atoms with Gasteiger partial charge in [0.05, 0.1) is 19.3 Å². The first-order chi connectivity index (χ1) is 15.0. The summed E-state index contributed by atoms with van der Waals surface area (Å²) in [6.45, 7) is 0.909. The van der Waals surface area contributed by atoms with Crippen LogP contribution in [0.15, 0.2) is 60.7 Å². The van der Waals surface area contributed by atoms with Gasteiger partial charge in [-0.15, -0.1) is 0 Å². The second-order valence-electron chi connectivity index (χ2n) is 7.63. The van der Waals surface area contributed by atoms with Crippen LogP contribution in [0.5, 0.6) is 5.75 Å². The molecule has 160 valence electrons. The van der Waals surface area contributed by atoms with Gasteiger partial charge in [-0.1, -0.05) is 48.5 Å².